The van der Waals surface area contributed by atoms with Crippen molar-refractivity contribution in [3.63, 3.8) is 0 Å². The van der Waals surface area contributed by atoms with E-state index in [0.717, 1.165) is 4.31 Å². The molecule has 0 aliphatic carbocycles. The monoisotopic (exact) mass is 653 g/mol. The van der Waals surface area contributed by atoms with Crippen LogP contribution in [0.2, 0.25) is 10.0 Å². The number of rotatable bonds is 10. The third-order valence-electron chi connectivity index (χ3n) is 7.24. The van der Waals surface area contributed by atoms with Gasteiger partial charge in [-0.2, -0.15) is 12.7 Å². The summed E-state index contributed by atoms with van der Waals surface area (Å²) in [4.78, 5) is 38.8. The molecule has 1 unspecified atom stereocenters. The lowest BCUT2D eigenvalue weighted by molar-refractivity contribution is 0.0526. The highest BCUT2D eigenvalue weighted by Crippen LogP contribution is 2.36. The zero-order valence-corrected chi connectivity index (χ0v) is 26.2. The number of nitrogens with zero attached hydrogens (tertiary/aromatic N) is 2. The van der Waals surface area contributed by atoms with Gasteiger partial charge < -0.3 is 24.7 Å². The molecule has 1 aliphatic rings. The molecule has 1 saturated heterocycles. The maximum atomic E-state index is 13.9. The molecule has 12 nitrogen and oxygen atoms in total. The van der Waals surface area contributed by atoms with Crippen LogP contribution in [0.15, 0.2) is 42.5 Å². The third kappa shape index (κ3) is 7.07. The molecule has 4 rings (SSSR count). The second-order valence-electron chi connectivity index (χ2n) is 10.0. The van der Waals surface area contributed by atoms with Gasteiger partial charge in [0.1, 0.15) is 5.69 Å². The van der Waals surface area contributed by atoms with E-state index in [-0.39, 0.29) is 44.1 Å². The van der Waals surface area contributed by atoms with Gasteiger partial charge in [-0.3, -0.25) is 4.79 Å². The smallest absolute Gasteiger partial charge is 0.338 e. The number of hydrogen-bond acceptors (Lipinski definition) is 7. The van der Waals surface area contributed by atoms with E-state index in [1.807, 2.05) is 4.72 Å². The van der Waals surface area contributed by atoms with Gasteiger partial charge in [0.25, 0.3) is 5.91 Å². The minimum Gasteiger partial charge on any atom is -0.462 e. The van der Waals surface area contributed by atoms with Crippen LogP contribution < -0.4 is 15.4 Å². The molecule has 2 heterocycles. The van der Waals surface area contributed by atoms with Crippen LogP contribution in [0.5, 0.6) is 0 Å². The first-order valence-corrected chi connectivity index (χ1v) is 15.7. The van der Waals surface area contributed by atoms with Gasteiger partial charge in [0, 0.05) is 44.7 Å². The van der Waals surface area contributed by atoms with Crippen LogP contribution in [0.25, 0.3) is 10.9 Å². The van der Waals surface area contributed by atoms with E-state index in [2.05, 4.69) is 10.6 Å². The fourth-order valence-corrected chi connectivity index (χ4v) is 6.70. The molecule has 2 aromatic carbocycles. The van der Waals surface area contributed by atoms with Crippen molar-refractivity contribution in [1.82, 2.24) is 24.2 Å². The van der Waals surface area contributed by atoms with Crippen LogP contribution in [-0.2, 0) is 32.3 Å². The normalized spacial score (nSPS) is 17.4. The van der Waals surface area contributed by atoms with E-state index in [4.69, 9.17) is 32.7 Å². The summed E-state index contributed by atoms with van der Waals surface area (Å²) < 4.78 is 41.4. The molecule has 43 heavy (non-hydrogen) atoms. The molecule has 0 radical (unpaired) electrons. The first-order valence-electron chi connectivity index (χ1n) is 13.5. The summed E-state index contributed by atoms with van der Waals surface area (Å²) in [5.41, 5.74) is 0.396. The Bertz CT molecular complexity index is 1650. The number of esters is 1. The maximum absolute atomic E-state index is 13.9. The van der Waals surface area contributed by atoms with Gasteiger partial charge in [-0.1, -0.05) is 35.3 Å². The Hall–Kier alpha value is -3.36. The van der Waals surface area contributed by atoms with Crippen molar-refractivity contribution in [1.29, 1.82) is 0 Å². The Morgan fingerprint density at radius 2 is 1.88 bits per heavy atom. The summed E-state index contributed by atoms with van der Waals surface area (Å²) in [7, 11) is -1.16. The largest absolute Gasteiger partial charge is 0.462 e. The predicted molar refractivity (Wildman–Crippen MR) is 163 cm³/mol. The molecule has 3 N–H and O–H groups in total. The number of ether oxygens (including phenoxy) is 2. The number of nitrogens with one attached hydrogen (secondary N) is 3. The number of carbonyl (C=O) groups is 3. The van der Waals surface area contributed by atoms with Crippen molar-refractivity contribution in [2.45, 2.75) is 25.3 Å². The van der Waals surface area contributed by atoms with Crippen LogP contribution in [0.3, 0.4) is 0 Å². The standard InChI is InChI=1S/C28H33Cl2N5O7S/c1-4-42-26(37)18-7-5-8-19(15-18)28(11-6-13-35(17-28)43(39,40)33-27(38)31-12-14-41-3)32-25(36)23-16-20-22(34(23)2)10-9-21(29)24(20)30/h5,7-10,15-16H,4,6,11-14,17H2,1-3H3,(H,32,36)(H2,31,33,38). The molecule has 3 aromatic rings. The molecule has 1 fully saturated rings. The van der Waals surface area contributed by atoms with E-state index in [1.54, 1.807) is 61.0 Å². The van der Waals surface area contributed by atoms with E-state index < -0.39 is 33.7 Å². The molecule has 15 heteroatoms. The molecule has 232 valence electrons. The second-order valence-corrected chi connectivity index (χ2v) is 12.5. The van der Waals surface area contributed by atoms with Gasteiger partial charge in [0.05, 0.1) is 34.4 Å². The molecule has 0 saturated carbocycles. The first kappa shape index (κ1) is 32.6. The predicted octanol–water partition coefficient (Wildman–Crippen LogP) is 3.57. The number of hydrogen-bond donors (Lipinski definition) is 3. The van der Waals surface area contributed by atoms with Gasteiger partial charge in [0.15, 0.2) is 0 Å². The Labute approximate surface area is 259 Å². The zero-order valence-electron chi connectivity index (χ0n) is 23.9. The van der Waals surface area contributed by atoms with Crippen LogP contribution in [0.4, 0.5) is 4.79 Å². The average Bonchev–Trinajstić information content (AvgIpc) is 3.32. The SMILES string of the molecule is CCOC(=O)c1cccc(C2(NC(=O)c3cc4c(Cl)c(Cl)ccc4n3C)CCCN(S(=O)(=O)NC(=O)NCCOC)C2)c1. The minimum absolute atomic E-state index is 0.0953. The molecule has 0 spiro atoms. The number of aromatic nitrogens is 1. The van der Waals surface area contributed by atoms with Crippen molar-refractivity contribution in [2.24, 2.45) is 7.05 Å². The number of urea groups is 1. The Morgan fingerprint density at radius 1 is 1.12 bits per heavy atom. The number of fused-ring (bicyclic) bond motifs is 1. The van der Waals surface area contributed by atoms with Crippen LogP contribution >= 0.6 is 23.2 Å². The number of piperidine rings is 1. The van der Waals surface area contributed by atoms with Gasteiger partial charge >= 0.3 is 22.2 Å². The summed E-state index contributed by atoms with van der Waals surface area (Å²) in [6, 6.07) is 10.6. The number of methoxy groups -OCH3 is 1. The Morgan fingerprint density at radius 3 is 2.60 bits per heavy atom. The van der Waals surface area contributed by atoms with Crippen molar-refractivity contribution in [3.8, 4) is 0 Å². The number of halogens is 2. The lowest BCUT2D eigenvalue weighted by atomic mass is 9.82. The van der Waals surface area contributed by atoms with Crippen molar-refractivity contribution in [3.05, 3.63) is 69.3 Å². The molecular weight excluding hydrogens is 621 g/mol. The van der Waals surface area contributed by atoms with E-state index in [1.165, 1.54) is 7.11 Å². The Balaban J connectivity index is 1.72. The van der Waals surface area contributed by atoms with E-state index in [9.17, 15) is 22.8 Å². The molecule has 0 bridgehead atoms. The fraction of sp³-hybridized carbons (Fsp3) is 0.393. The molecule has 3 amide bonds. The summed E-state index contributed by atoms with van der Waals surface area (Å²) in [5, 5.41) is 6.70. The van der Waals surface area contributed by atoms with Crippen molar-refractivity contribution >= 4 is 62.2 Å². The third-order valence-corrected chi connectivity index (χ3v) is 9.49. The molecule has 1 atom stereocenters. The lowest BCUT2D eigenvalue weighted by Gasteiger charge is -2.43. The molecule has 1 aromatic heterocycles. The van der Waals surface area contributed by atoms with Crippen LogP contribution in [-0.4, -0.2) is 75.2 Å². The number of amides is 3. The van der Waals surface area contributed by atoms with E-state index in [0.29, 0.717) is 39.4 Å². The number of benzene rings is 2. The second kappa shape index (κ2) is 13.5. The molecular formula is C28H33Cl2N5O7S. The van der Waals surface area contributed by atoms with Gasteiger partial charge in [-0.05, 0) is 55.7 Å². The molecule has 1 aliphatic heterocycles. The van der Waals surface area contributed by atoms with Gasteiger partial charge in [-0.15, -0.1) is 0 Å². The van der Waals surface area contributed by atoms with Crippen molar-refractivity contribution in [2.75, 3.05) is 40.0 Å². The maximum Gasteiger partial charge on any atom is 0.338 e. The van der Waals surface area contributed by atoms with Crippen LogP contribution in [0, 0.1) is 0 Å². The highest BCUT2D eigenvalue weighted by Gasteiger charge is 2.43. The van der Waals surface area contributed by atoms with Gasteiger partial charge in [0.2, 0.25) is 0 Å². The Kier molecular flexibility index (Phi) is 10.2. The zero-order chi connectivity index (χ0) is 31.4. The summed E-state index contributed by atoms with van der Waals surface area (Å²) >= 11 is 12.6. The highest BCUT2D eigenvalue weighted by atomic mass is 35.5. The number of aryl methyl sites for hydroxylation is 1. The fourth-order valence-electron chi connectivity index (χ4n) is 5.12. The average molecular weight is 655 g/mol. The van der Waals surface area contributed by atoms with Gasteiger partial charge in [-0.25, -0.2) is 14.3 Å². The number of carbonyl (C=O) groups excluding carboxylic acids is 3. The summed E-state index contributed by atoms with van der Waals surface area (Å²) in [5.74, 6) is -1.06. The quantitative estimate of drug-likeness (QED) is 0.224. The highest BCUT2D eigenvalue weighted by molar-refractivity contribution is 7.87. The minimum atomic E-state index is -4.32. The summed E-state index contributed by atoms with van der Waals surface area (Å²) in [6.45, 7) is 2.05. The first-order chi connectivity index (χ1) is 20.4. The summed E-state index contributed by atoms with van der Waals surface area (Å²) in [6.07, 6.45) is 0.681. The lowest BCUT2D eigenvalue weighted by Crippen LogP contribution is -2.60. The van der Waals surface area contributed by atoms with E-state index >= 15 is 0 Å². The van der Waals surface area contributed by atoms with Crippen LogP contribution in [0.1, 0.15) is 46.2 Å². The topological polar surface area (TPSA) is 148 Å². The van der Waals surface area contributed by atoms with Crippen molar-refractivity contribution < 1.29 is 32.3 Å².